The molecule has 0 saturated carbocycles. The Balaban J connectivity index is 2.37. The topological polar surface area (TPSA) is 52.4 Å². The number of hydrogen-bond acceptors (Lipinski definition) is 3. The molecule has 0 bridgehead atoms. The molecule has 5 heteroatoms. The lowest BCUT2D eigenvalue weighted by Crippen LogP contribution is -1.96. The van der Waals surface area contributed by atoms with E-state index in [4.69, 9.17) is 4.74 Å². The van der Waals surface area contributed by atoms with Crippen LogP contribution in [0.4, 0.5) is 5.69 Å². The quantitative estimate of drug-likeness (QED) is 0.426. The second kappa shape index (κ2) is 6.72. The van der Waals surface area contributed by atoms with Crippen LogP contribution in [-0.2, 0) is 11.8 Å². The van der Waals surface area contributed by atoms with Crippen LogP contribution in [0.15, 0.2) is 36.4 Å². The monoisotopic (exact) mass is 349 g/mol. The summed E-state index contributed by atoms with van der Waals surface area (Å²) in [6.45, 7) is 3.89. The van der Waals surface area contributed by atoms with E-state index in [9.17, 15) is 10.1 Å². The maximum Gasteiger partial charge on any atom is 0.311 e. The average molecular weight is 350 g/mol. The molecule has 2 aromatic carbocycles. The molecule has 21 heavy (non-hydrogen) atoms. The van der Waals surface area contributed by atoms with E-state index in [0.29, 0.717) is 5.75 Å². The summed E-state index contributed by atoms with van der Waals surface area (Å²) in [6, 6.07) is 10.8. The minimum absolute atomic E-state index is 0.00156. The Morgan fingerprint density at radius 1 is 1.14 bits per heavy atom. The molecule has 0 N–H and O–H groups in total. The number of nitrogens with zero attached hydrogens (tertiary/aromatic N) is 1. The van der Waals surface area contributed by atoms with Gasteiger partial charge in [0.05, 0.1) is 4.92 Å². The Morgan fingerprint density at radius 3 is 2.38 bits per heavy atom. The van der Waals surface area contributed by atoms with E-state index in [0.717, 1.165) is 28.4 Å². The van der Waals surface area contributed by atoms with E-state index in [1.807, 2.05) is 38.1 Å². The number of halogens is 1. The van der Waals surface area contributed by atoms with Crippen LogP contribution in [0.1, 0.15) is 23.6 Å². The first-order valence-electron chi connectivity index (χ1n) is 6.65. The highest BCUT2D eigenvalue weighted by molar-refractivity contribution is 9.08. The number of hydrogen-bond donors (Lipinski definition) is 0. The number of benzene rings is 2. The number of ether oxygens (including phenoxy) is 1. The summed E-state index contributed by atoms with van der Waals surface area (Å²) in [6.07, 6.45) is 0.750. The van der Waals surface area contributed by atoms with Gasteiger partial charge in [0.25, 0.3) is 0 Å². The average Bonchev–Trinajstić information content (AvgIpc) is 2.49. The molecule has 2 rings (SSSR count). The zero-order chi connectivity index (χ0) is 15.4. The molecule has 0 aliphatic heterocycles. The lowest BCUT2D eigenvalue weighted by atomic mass is 10.1. The zero-order valence-electron chi connectivity index (χ0n) is 11.9. The molecule has 0 aliphatic carbocycles. The van der Waals surface area contributed by atoms with E-state index in [2.05, 4.69) is 15.9 Å². The van der Waals surface area contributed by atoms with Gasteiger partial charge in [-0.25, -0.2) is 0 Å². The molecule has 0 fully saturated rings. The second-order valence-electron chi connectivity index (χ2n) is 4.75. The Morgan fingerprint density at radius 2 is 1.81 bits per heavy atom. The van der Waals surface area contributed by atoms with E-state index in [1.54, 1.807) is 12.1 Å². The van der Waals surface area contributed by atoms with Gasteiger partial charge in [0.1, 0.15) is 5.75 Å². The highest BCUT2D eigenvalue weighted by atomic mass is 79.9. The Kier molecular flexibility index (Phi) is 4.96. The number of nitro benzene ring substituents is 1. The van der Waals surface area contributed by atoms with Crippen molar-refractivity contribution in [3.8, 4) is 11.5 Å². The van der Waals surface area contributed by atoms with E-state index in [-0.39, 0.29) is 11.4 Å². The van der Waals surface area contributed by atoms with Crippen molar-refractivity contribution in [3.63, 3.8) is 0 Å². The number of nitro groups is 1. The molecule has 0 spiro atoms. The molecule has 110 valence electrons. The first kappa shape index (κ1) is 15.5. The minimum atomic E-state index is -0.406. The summed E-state index contributed by atoms with van der Waals surface area (Å²) < 4.78 is 5.74. The zero-order valence-corrected chi connectivity index (χ0v) is 13.5. The third-order valence-electron chi connectivity index (χ3n) is 3.24. The van der Waals surface area contributed by atoms with Crippen molar-refractivity contribution < 1.29 is 9.66 Å². The molecule has 0 aromatic heterocycles. The third-order valence-corrected chi connectivity index (χ3v) is 3.89. The lowest BCUT2D eigenvalue weighted by Gasteiger charge is -2.10. The molecular formula is C16H16BrNO3. The van der Waals surface area contributed by atoms with E-state index >= 15 is 0 Å². The van der Waals surface area contributed by atoms with Crippen LogP contribution in [0, 0.1) is 17.0 Å². The van der Waals surface area contributed by atoms with Crippen molar-refractivity contribution in [2.45, 2.75) is 25.6 Å². The highest BCUT2D eigenvalue weighted by Gasteiger charge is 2.17. The maximum atomic E-state index is 11.2. The molecule has 0 aliphatic rings. The largest absolute Gasteiger partial charge is 0.450 e. The summed E-state index contributed by atoms with van der Waals surface area (Å²) in [5.74, 6) is 0.902. The Hall–Kier alpha value is -1.88. The van der Waals surface area contributed by atoms with Crippen LogP contribution >= 0.6 is 15.9 Å². The molecule has 0 amide bonds. The van der Waals surface area contributed by atoms with Gasteiger partial charge in [-0.1, -0.05) is 41.1 Å². The van der Waals surface area contributed by atoms with Gasteiger partial charge in [0.2, 0.25) is 5.75 Å². The summed E-state index contributed by atoms with van der Waals surface area (Å²) in [5, 5.41) is 11.9. The van der Waals surface area contributed by atoms with Crippen LogP contribution < -0.4 is 4.74 Å². The number of rotatable bonds is 5. The van der Waals surface area contributed by atoms with Crippen molar-refractivity contribution in [3.05, 3.63) is 63.2 Å². The Labute approximate surface area is 132 Å². The molecule has 0 saturated heterocycles. The normalized spacial score (nSPS) is 10.4. The standard InChI is InChI=1S/C16H16BrNO3/c1-3-12-4-7-16(14(9-12)18(19)20)21-15-6-5-13(10-17)8-11(15)2/h4-9H,3,10H2,1-2H3. The summed E-state index contributed by atoms with van der Waals surface area (Å²) >= 11 is 3.40. The number of aryl methyl sites for hydroxylation is 2. The predicted molar refractivity (Wildman–Crippen MR) is 86.4 cm³/mol. The summed E-state index contributed by atoms with van der Waals surface area (Å²) in [7, 11) is 0. The fourth-order valence-electron chi connectivity index (χ4n) is 2.04. The molecule has 0 unspecified atom stereocenters. The van der Waals surface area contributed by atoms with Crippen molar-refractivity contribution in [2.24, 2.45) is 0 Å². The number of alkyl halides is 1. The van der Waals surface area contributed by atoms with Gasteiger partial charge in [0.15, 0.2) is 0 Å². The lowest BCUT2D eigenvalue weighted by molar-refractivity contribution is -0.385. The van der Waals surface area contributed by atoms with Gasteiger partial charge in [0, 0.05) is 11.4 Å². The van der Waals surface area contributed by atoms with Crippen LogP contribution in [0.2, 0.25) is 0 Å². The van der Waals surface area contributed by atoms with Crippen molar-refractivity contribution >= 4 is 21.6 Å². The summed E-state index contributed by atoms with van der Waals surface area (Å²) in [5.41, 5.74) is 3.00. The molecule has 0 atom stereocenters. The van der Waals surface area contributed by atoms with Crippen LogP contribution in [0.3, 0.4) is 0 Å². The maximum absolute atomic E-state index is 11.2. The molecule has 2 aromatic rings. The van der Waals surface area contributed by atoms with Gasteiger partial charge in [-0.3, -0.25) is 10.1 Å². The van der Waals surface area contributed by atoms with Gasteiger partial charge in [-0.2, -0.15) is 0 Å². The van der Waals surface area contributed by atoms with E-state index < -0.39 is 4.92 Å². The van der Waals surface area contributed by atoms with Crippen molar-refractivity contribution in [2.75, 3.05) is 0 Å². The Bertz CT molecular complexity index is 671. The third kappa shape index (κ3) is 3.61. The molecular weight excluding hydrogens is 334 g/mol. The first-order chi connectivity index (χ1) is 10.0. The fraction of sp³-hybridized carbons (Fsp3) is 0.250. The highest BCUT2D eigenvalue weighted by Crippen LogP contribution is 2.34. The van der Waals surface area contributed by atoms with Gasteiger partial charge in [-0.15, -0.1) is 0 Å². The van der Waals surface area contributed by atoms with Crippen molar-refractivity contribution in [1.29, 1.82) is 0 Å². The smallest absolute Gasteiger partial charge is 0.311 e. The second-order valence-corrected chi connectivity index (χ2v) is 5.31. The van der Waals surface area contributed by atoms with E-state index in [1.165, 1.54) is 0 Å². The first-order valence-corrected chi connectivity index (χ1v) is 7.78. The molecule has 0 radical (unpaired) electrons. The minimum Gasteiger partial charge on any atom is -0.450 e. The van der Waals surface area contributed by atoms with Gasteiger partial charge in [-0.05, 0) is 42.2 Å². The van der Waals surface area contributed by atoms with Crippen molar-refractivity contribution in [1.82, 2.24) is 0 Å². The van der Waals surface area contributed by atoms with Crippen LogP contribution in [0.5, 0.6) is 11.5 Å². The van der Waals surface area contributed by atoms with Gasteiger partial charge < -0.3 is 4.74 Å². The fourth-order valence-corrected chi connectivity index (χ4v) is 2.39. The SMILES string of the molecule is CCc1ccc(Oc2ccc(CBr)cc2C)c([N+](=O)[O-])c1. The van der Waals surface area contributed by atoms with Crippen LogP contribution in [0.25, 0.3) is 0 Å². The molecule has 4 nitrogen and oxygen atoms in total. The van der Waals surface area contributed by atoms with Gasteiger partial charge >= 0.3 is 5.69 Å². The van der Waals surface area contributed by atoms with Crippen LogP contribution in [-0.4, -0.2) is 4.92 Å². The molecule has 0 heterocycles. The summed E-state index contributed by atoms with van der Waals surface area (Å²) in [4.78, 5) is 10.8. The predicted octanol–water partition coefficient (Wildman–Crippen LogP) is 5.15.